The van der Waals surface area contributed by atoms with Crippen LogP contribution in [0.3, 0.4) is 0 Å². The first-order chi connectivity index (χ1) is 12.7. The fourth-order valence-electron chi connectivity index (χ4n) is 3.88. The predicted octanol–water partition coefficient (Wildman–Crippen LogP) is 3.83. The second-order valence-corrected chi connectivity index (χ2v) is 7.22. The average Bonchev–Trinajstić information content (AvgIpc) is 2.98. The van der Waals surface area contributed by atoms with E-state index < -0.39 is 0 Å². The van der Waals surface area contributed by atoms with E-state index in [1.165, 1.54) is 0 Å². The number of ether oxygens (including phenoxy) is 1. The van der Waals surface area contributed by atoms with Crippen LogP contribution in [0, 0.1) is 0 Å². The number of piperidine rings is 1. The Morgan fingerprint density at radius 3 is 2.73 bits per heavy atom. The largest absolute Gasteiger partial charge is 0.496 e. The monoisotopic (exact) mass is 371 g/mol. The number of hydrogen-bond donors (Lipinski definition) is 1. The number of rotatable bonds is 4. The molecule has 3 aromatic rings. The van der Waals surface area contributed by atoms with Crippen LogP contribution in [0.25, 0.3) is 11.0 Å². The number of aromatic amines is 1. The Balaban J connectivity index is 1.48. The molecule has 0 atom stereocenters. The fourth-order valence-corrected chi connectivity index (χ4v) is 4.08. The Morgan fingerprint density at radius 1 is 1.19 bits per heavy atom. The molecule has 0 amide bonds. The number of benzene rings is 2. The van der Waals surface area contributed by atoms with E-state index in [9.17, 15) is 4.79 Å². The van der Waals surface area contributed by atoms with Crippen LogP contribution in [-0.4, -0.2) is 34.7 Å². The normalized spacial score (nSPS) is 16.2. The molecular weight excluding hydrogens is 350 g/mol. The Morgan fingerprint density at radius 2 is 1.96 bits per heavy atom. The summed E-state index contributed by atoms with van der Waals surface area (Å²) < 4.78 is 7.37. The summed E-state index contributed by atoms with van der Waals surface area (Å²) in [6, 6.07) is 13.9. The second kappa shape index (κ2) is 7.17. The van der Waals surface area contributed by atoms with Crippen molar-refractivity contribution in [3.63, 3.8) is 0 Å². The molecule has 6 heteroatoms. The van der Waals surface area contributed by atoms with Crippen molar-refractivity contribution in [3.8, 4) is 5.75 Å². The molecule has 0 unspecified atom stereocenters. The third-order valence-corrected chi connectivity index (χ3v) is 5.42. The highest BCUT2D eigenvalue weighted by Crippen LogP contribution is 2.28. The van der Waals surface area contributed by atoms with Crippen LogP contribution in [0.2, 0.25) is 5.02 Å². The van der Waals surface area contributed by atoms with Gasteiger partial charge in [-0.15, -0.1) is 0 Å². The molecule has 2 aromatic carbocycles. The van der Waals surface area contributed by atoms with Crippen molar-refractivity contribution in [1.29, 1.82) is 0 Å². The molecule has 0 bridgehead atoms. The predicted molar refractivity (Wildman–Crippen MR) is 104 cm³/mol. The molecule has 136 valence electrons. The SMILES string of the molecule is COc1ccc(Cl)cc1CN1CCC(n2c(=O)[nH]c3ccccc32)CC1. The fraction of sp³-hybridized carbons (Fsp3) is 0.350. The van der Waals surface area contributed by atoms with Crippen molar-refractivity contribution < 1.29 is 4.74 Å². The molecule has 0 aliphatic carbocycles. The first-order valence-corrected chi connectivity index (χ1v) is 9.27. The van der Waals surface area contributed by atoms with Crippen LogP contribution in [0.15, 0.2) is 47.3 Å². The van der Waals surface area contributed by atoms with Crippen LogP contribution in [-0.2, 0) is 6.54 Å². The molecule has 1 saturated heterocycles. The molecule has 5 nitrogen and oxygen atoms in total. The van der Waals surface area contributed by atoms with E-state index >= 15 is 0 Å². The Hall–Kier alpha value is -2.24. The molecule has 0 saturated carbocycles. The highest BCUT2D eigenvalue weighted by Gasteiger charge is 2.24. The zero-order chi connectivity index (χ0) is 18.1. The van der Waals surface area contributed by atoms with Gasteiger partial charge in [-0.1, -0.05) is 23.7 Å². The van der Waals surface area contributed by atoms with Crippen LogP contribution in [0.5, 0.6) is 5.75 Å². The maximum absolute atomic E-state index is 12.4. The summed E-state index contributed by atoms with van der Waals surface area (Å²) in [5.41, 5.74) is 2.99. The van der Waals surface area contributed by atoms with Gasteiger partial charge in [-0.3, -0.25) is 9.47 Å². The molecule has 1 N–H and O–H groups in total. The molecule has 1 aliphatic rings. The Bertz CT molecular complexity index is 971. The molecule has 0 spiro atoms. The van der Waals surface area contributed by atoms with Crippen LogP contribution in [0.4, 0.5) is 0 Å². The highest BCUT2D eigenvalue weighted by atomic mass is 35.5. The van der Waals surface area contributed by atoms with Gasteiger partial charge in [0.25, 0.3) is 0 Å². The van der Waals surface area contributed by atoms with E-state index in [2.05, 4.69) is 9.88 Å². The number of aromatic nitrogens is 2. The van der Waals surface area contributed by atoms with Crippen molar-refractivity contribution in [2.75, 3.05) is 20.2 Å². The number of halogens is 1. The molecule has 1 aromatic heterocycles. The zero-order valence-corrected chi connectivity index (χ0v) is 15.5. The molecule has 26 heavy (non-hydrogen) atoms. The molecule has 1 aliphatic heterocycles. The van der Waals surface area contributed by atoms with Gasteiger partial charge in [0.2, 0.25) is 0 Å². The lowest BCUT2D eigenvalue weighted by Gasteiger charge is -2.32. The minimum absolute atomic E-state index is 0.0128. The maximum Gasteiger partial charge on any atom is 0.326 e. The van der Waals surface area contributed by atoms with Gasteiger partial charge in [0.1, 0.15) is 5.75 Å². The third kappa shape index (κ3) is 3.24. The summed E-state index contributed by atoms with van der Waals surface area (Å²) in [5.74, 6) is 0.865. The molecule has 0 radical (unpaired) electrons. The highest BCUT2D eigenvalue weighted by molar-refractivity contribution is 6.30. The van der Waals surface area contributed by atoms with Crippen molar-refractivity contribution in [2.24, 2.45) is 0 Å². The number of methoxy groups -OCH3 is 1. The maximum atomic E-state index is 12.4. The number of H-pyrrole nitrogens is 1. The topological polar surface area (TPSA) is 50.3 Å². The van der Waals surface area contributed by atoms with Crippen LogP contribution >= 0.6 is 11.6 Å². The lowest BCUT2D eigenvalue weighted by Crippen LogP contribution is -2.36. The standard InChI is InChI=1S/C20H22ClN3O2/c1-26-19-7-6-15(21)12-14(19)13-23-10-8-16(9-11-23)24-18-5-3-2-4-17(18)22-20(24)25/h2-7,12,16H,8-11,13H2,1H3,(H,22,25). The minimum atomic E-state index is -0.0128. The summed E-state index contributed by atoms with van der Waals surface area (Å²) >= 11 is 6.14. The summed E-state index contributed by atoms with van der Waals surface area (Å²) in [4.78, 5) is 17.7. The van der Waals surface area contributed by atoms with E-state index in [1.807, 2.05) is 47.0 Å². The van der Waals surface area contributed by atoms with Gasteiger partial charge in [-0.25, -0.2) is 4.79 Å². The number of hydrogen-bond acceptors (Lipinski definition) is 3. The minimum Gasteiger partial charge on any atom is -0.496 e. The van der Waals surface area contributed by atoms with Crippen LogP contribution in [0.1, 0.15) is 24.4 Å². The summed E-state index contributed by atoms with van der Waals surface area (Å²) in [6.07, 6.45) is 1.90. The molecule has 2 heterocycles. The first-order valence-electron chi connectivity index (χ1n) is 8.90. The lowest BCUT2D eigenvalue weighted by atomic mass is 10.0. The Labute approximate surface area is 157 Å². The quantitative estimate of drug-likeness (QED) is 0.758. The summed E-state index contributed by atoms with van der Waals surface area (Å²) in [5, 5.41) is 0.723. The third-order valence-electron chi connectivity index (χ3n) is 5.18. The number of nitrogens with zero attached hydrogens (tertiary/aromatic N) is 2. The first kappa shape index (κ1) is 17.2. The van der Waals surface area contributed by atoms with E-state index in [0.29, 0.717) is 0 Å². The molecule has 1 fully saturated rings. The van der Waals surface area contributed by atoms with Gasteiger partial charge in [0, 0.05) is 36.3 Å². The van der Waals surface area contributed by atoms with Gasteiger partial charge in [0.05, 0.1) is 18.1 Å². The number of fused-ring (bicyclic) bond motifs is 1. The van der Waals surface area contributed by atoms with Gasteiger partial charge in [-0.05, 0) is 43.2 Å². The van der Waals surface area contributed by atoms with Crippen LogP contribution < -0.4 is 10.4 Å². The molecular formula is C20H22ClN3O2. The van der Waals surface area contributed by atoms with E-state index in [0.717, 1.165) is 59.8 Å². The summed E-state index contributed by atoms with van der Waals surface area (Å²) in [6.45, 7) is 2.68. The van der Waals surface area contributed by atoms with Crippen molar-refractivity contribution in [1.82, 2.24) is 14.5 Å². The number of para-hydroxylation sites is 2. The number of nitrogens with one attached hydrogen (secondary N) is 1. The summed E-state index contributed by atoms with van der Waals surface area (Å²) in [7, 11) is 1.68. The van der Waals surface area contributed by atoms with Crippen molar-refractivity contribution in [3.05, 3.63) is 63.5 Å². The van der Waals surface area contributed by atoms with Crippen molar-refractivity contribution in [2.45, 2.75) is 25.4 Å². The molecule has 4 rings (SSSR count). The van der Waals surface area contributed by atoms with E-state index in [-0.39, 0.29) is 11.7 Å². The number of imidazole rings is 1. The average molecular weight is 372 g/mol. The Kier molecular flexibility index (Phi) is 4.74. The number of likely N-dealkylation sites (tertiary alicyclic amines) is 1. The zero-order valence-electron chi connectivity index (χ0n) is 14.7. The van der Waals surface area contributed by atoms with Gasteiger partial charge in [0.15, 0.2) is 0 Å². The van der Waals surface area contributed by atoms with Gasteiger partial charge < -0.3 is 9.72 Å². The van der Waals surface area contributed by atoms with Crippen molar-refractivity contribution >= 4 is 22.6 Å². The van der Waals surface area contributed by atoms with Gasteiger partial charge >= 0.3 is 5.69 Å². The smallest absolute Gasteiger partial charge is 0.326 e. The van der Waals surface area contributed by atoms with E-state index in [1.54, 1.807) is 7.11 Å². The second-order valence-electron chi connectivity index (χ2n) is 6.78. The lowest BCUT2D eigenvalue weighted by molar-refractivity contribution is 0.178. The van der Waals surface area contributed by atoms with Gasteiger partial charge in [-0.2, -0.15) is 0 Å². The van der Waals surface area contributed by atoms with E-state index in [4.69, 9.17) is 16.3 Å².